The van der Waals surface area contributed by atoms with E-state index in [1.807, 2.05) is 20.8 Å². The number of nitrogens with zero attached hydrogens (tertiary/aromatic N) is 2. The second-order valence-corrected chi connectivity index (χ2v) is 11.3. The number of halogens is 1. The average Bonchev–Trinajstić information content (AvgIpc) is 2.97. The number of nitrogens with two attached hydrogens (primary N) is 1. The Balaban J connectivity index is -0.000000521. The second kappa shape index (κ2) is 26.3. The first-order valence-electron chi connectivity index (χ1n) is 15.3. The maximum absolute atomic E-state index is 11.4. The molecule has 4 N–H and O–H groups in total. The molecule has 2 heterocycles. The molecule has 0 bridgehead atoms. The zero-order valence-corrected chi connectivity index (χ0v) is 27.8. The molecule has 2 aliphatic heterocycles. The predicted octanol–water partition coefficient (Wildman–Crippen LogP) is 5.29. The summed E-state index contributed by atoms with van der Waals surface area (Å²) in [5.74, 6) is 2.15. The van der Waals surface area contributed by atoms with Crippen LogP contribution in [0.15, 0.2) is 24.6 Å². The van der Waals surface area contributed by atoms with Gasteiger partial charge in [0.1, 0.15) is 6.61 Å². The summed E-state index contributed by atoms with van der Waals surface area (Å²) in [7, 11) is 0. The molecule has 0 aromatic rings. The van der Waals surface area contributed by atoms with Crippen molar-refractivity contribution in [3.05, 3.63) is 24.6 Å². The van der Waals surface area contributed by atoms with Gasteiger partial charge in [-0.2, -0.15) is 0 Å². The van der Waals surface area contributed by atoms with E-state index in [0.717, 1.165) is 90.7 Å². The first kappa shape index (κ1) is 44.1. The molecule has 0 aromatic heterocycles. The number of allylic oxidation sites excluding steroid dienone is 2. The standard InChI is InChI=1S/C12H23NO2.C10H20N2.C9H20N2O.CH4.ClH/c1-4-11(2)12(3)15-10-7-13-5-8-14-9-6-13;1-4-9(2)10(3)12-7-5-11-6-8-12;1-4-9(2,3)8(12)11-7-5-6-10;;/h11H,3-10H2,1-2H3;9,11H,3-8H2,1-2H3;4-7,10H2,1-3H3,(H,11,12);1H4;1H. The number of ether oxygens (including phenoxy) is 2. The van der Waals surface area contributed by atoms with Crippen LogP contribution in [-0.2, 0) is 14.3 Å². The van der Waals surface area contributed by atoms with Crippen molar-refractivity contribution in [2.24, 2.45) is 23.0 Å². The third-order valence-electron chi connectivity index (χ3n) is 7.83. The Morgan fingerprint density at radius 3 is 2.10 bits per heavy atom. The number of carbonyl (C=O) groups excluding carboxylic acids is 1. The Morgan fingerprint density at radius 1 is 1.05 bits per heavy atom. The molecule has 2 aliphatic rings. The summed E-state index contributed by atoms with van der Waals surface area (Å²) in [5.41, 5.74) is 6.38. The van der Waals surface area contributed by atoms with Gasteiger partial charge in [-0.1, -0.05) is 69.1 Å². The summed E-state index contributed by atoms with van der Waals surface area (Å²) in [6.45, 7) is 34.1. The smallest absolute Gasteiger partial charge is 0.225 e. The highest BCUT2D eigenvalue weighted by atomic mass is 35.5. The van der Waals surface area contributed by atoms with Crippen LogP contribution in [-0.4, -0.2) is 94.4 Å². The Kier molecular flexibility index (Phi) is 28.3. The summed E-state index contributed by atoms with van der Waals surface area (Å²) in [5, 5.41) is 6.20. The predicted molar refractivity (Wildman–Crippen MR) is 180 cm³/mol. The van der Waals surface area contributed by atoms with Crippen molar-refractivity contribution >= 4 is 18.3 Å². The normalized spacial score (nSPS) is 16.6. The molecule has 246 valence electrons. The van der Waals surface area contributed by atoms with E-state index in [-0.39, 0.29) is 31.2 Å². The molecule has 0 aromatic carbocycles. The number of morpholine rings is 1. The lowest BCUT2D eigenvalue weighted by Gasteiger charge is -2.33. The van der Waals surface area contributed by atoms with Gasteiger partial charge in [-0.25, -0.2) is 0 Å². The minimum Gasteiger partial charge on any atom is -0.497 e. The minimum absolute atomic E-state index is 0. The molecule has 0 aliphatic carbocycles. The number of amides is 1. The molecular weight excluding hydrogens is 538 g/mol. The van der Waals surface area contributed by atoms with Crippen molar-refractivity contribution in [2.45, 2.75) is 81.6 Å². The molecule has 0 saturated carbocycles. The van der Waals surface area contributed by atoms with Crippen molar-refractivity contribution in [1.29, 1.82) is 0 Å². The molecule has 1 amide bonds. The van der Waals surface area contributed by atoms with E-state index in [0.29, 0.717) is 24.9 Å². The van der Waals surface area contributed by atoms with Crippen LogP contribution in [0.1, 0.15) is 81.6 Å². The number of piperazine rings is 1. The van der Waals surface area contributed by atoms with Crippen LogP contribution < -0.4 is 16.4 Å². The van der Waals surface area contributed by atoms with Gasteiger partial charge in [-0.05, 0) is 38.1 Å². The second-order valence-electron chi connectivity index (χ2n) is 11.3. The van der Waals surface area contributed by atoms with E-state index in [2.05, 4.69) is 61.3 Å². The van der Waals surface area contributed by atoms with E-state index < -0.39 is 0 Å². The van der Waals surface area contributed by atoms with Gasteiger partial charge in [-0.3, -0.25) is 9.69 Å². The third kappa shape index (κ3) is 20.3. The zero-order chi connectivity index (χ0) is 29.7. The van der Waals surface area contributed by atoms with Crippen LogP contribution >= 0.6 is 12.4 Å². The van der Waals surface area contributed by atoms with Gasteiger partial charge in [-0.15, -0.1) is 12.4 Å². The summed E-state index contributed by atoms with van der Waals surface area (Å²) in [4.78, 5) is 16.2. The topological polar surface area (TPSA) is 92.1 Å². The van der Waals surface area contributed by atoms with Crippen molar-refractivity contribution in [2.75, 3.05) is 78.7 Å². The molecule has 8 nitrogen and oxygen atoms in total. The van der Waals surface area contributed by atoms with E-state index in [4.69, 9.17) is 15.2 Å². The van der Waals surface area contributed by atoms with Crippen molar-refractivity contribution < 1.29 is 14.3 Å². The van der Waals surface area contributed by atoms with Gasteiger partial charge < -0.3 is 30.7 Å². The minimum atomic E-state index is -0.241. The Morgan fingerprint density at radius 2 is 1.61 bits per heavy atom. The third-order valence-corrected chi connectivity index (χ3v) is 7.83. The SMILES string of the molecule is C.C=C(C(C)CC)N1CCNCC1.C=C(OCCN1CCOCC1)C(C)CC.CCC(C)(C)C(=O)NCCCN.Cl. The Bertz CT molecular complexity index is 666. The summed E-state index contributed by atoms with van der Waals surface area (Å²) < 4.78 is 10.9. The van der Waals surface area contributed by atoms with Crippen LogP contribution in [0.4, 0.5) is 0 Å². The number of hydrogen-bond acceptors (Lipinski definition) is 7. The van der Waals surface area contributed by atoms with Crippen LogP contribution in [0.25, 0.3) is 0 Å². The number of hydrogen-bond donors (Lipinski definition) is 3. The molecule has 2 saturated heterocycles. The van der Waals surface area contributed by atoms with Gasteiger partial charge >= 0.3 is 0 Å². The lowest BCUT2D eigenvalue weighted by molar-refractivity contribution is -0.129. The van der Waals surface area contributed by atoms with Crippen molar-refractivity contribution in [3.8, 4) is 0 Å². The quantitative estimate of drug-likeness (QED) is 0.183. The number of rotatable bonds is 14. The monoisotopic (exact) mass is 606 g/mol. The van der Waals surface area contributed by atoms with Gasteiger partial charge in [0.15, 0.2) is 0 Å². The van der Waals surface area contributed by atoms with Crippen molar-refractivity contribution in [1.82, 2.24) is 20.4 Å². The van der Waals surface area contributed by atoms with Crippen LogP contribution in [0.3, 0.4) is 0 Å². The molecule has 2 rings (SSSR count). The fraction of sp³-hybridized carbons (Fsp3) is 0.844. The summed E-state index contributed by atoms with van der Waals surface area (Å²) >= 11 is 0. The zero-order valence-electron chi connectivity index (χ0n) is 27.0. The number of nitrogens with one attached hydrogen (secondary N) is 2. The molecule has 9 heteroatoms. The van der Waals surface area contributed by atoms with E-state index in [1.54, 1.807) is 0 Å². The molecule has 2 fully saturated rings. The molecule has 2 unspecified atom stereocenters. The lowest BCUT2D eigenvalue weighted by Crippen LogP contribution is -2.43. The van der Waals surface area contributed by atoms with Crippen LogP contribution in [0.2, 0.25) is 0 Å². The van der Waals surface area contributed by atoms with Gasteiger partial charge in [0.25, 0.3) is 0 Å². The highest BCUT2D eigenvalue weighted by molar-refractivity contribution is 5.85. The Labute approximate surface area is 260 Å². The fourth-order valence-corrected chi connectivity index (χ4v) is 3.70. The van der Waals surface area contributed by atoms with Crippen LogP contribution in [0, 0.1) is 17.3 Å². The summed E-state index contributed by atoms with van der Waals surface area (Å²) in [6, 6.07) is 0. The Hall–Kier alpha value is -1.32. The fourth-order valence-electron chi connectivity index (χ4n) is 3.70. The maximum Gasteiger partial charge on any atom is 0.225 e. The van der Waals surface area contributed by atoms with Gasteiger partial charge in [0.2, 0.25) is 5.91 Å². The molecule has 41 heavy (non-hydrogen) atoms. The van der Waals surface area contributed by atoms with Crippen LogP contribution in [0.5, 0.6) is 0 Å². The van der Waals surface area contributed by atoms with E-state index >= 15 is 0 Å². The maximum atomic E-state index is 11.4. The molecule has 0 spiro atoms. The highest BCUT2D eigenvalue weighted by Crippen LogP contribution is 2.19. The molecule has 2 atom stereocenters. The lowest BCUT2D eigenvalue weighted by atomic mass is 9.89. The average molecular weight is 606 g/mol. The van der Waals surface area contributed by atoms with E-state index in [1.165, 1.54) is 12.1 Å². The van der Waals surface area contributed by atoms with Gasteiger partial charge in [0, 0.05) is 69.4 Å². The first-order valence-corrected chi connectivity index (χ1v) is 15.3. The van der Waals surface area contributed by atoms with Crippen molar-refractivity contribution in [3.63, 3.8) is 0 Å². The van der Waals surface area contributed by atoms with E-state index in [9.17, 15) is 4.79 Å². The summed E-state index contributed by atoms with van der Waals surface area (Å²) in [6.07, 6.45) is 4.01. The number of carbonyl (C=O) groups is 1. The van der Waals surface area contributed by atoms with Gasteiger partial charge in [0.05, 0.1) is 19.0 Å². The highest BCUT2D eigenvalue weighted by Gasteiger charge is 2.24. The molecule has 0 radical (unpaired) electrons. The molecular formula is C32H68ClN5O3. The first-order chi connectivity index (χ1) is 18.5. The largest absolute Gasteiger partial charge is 0.497 e.